The van der Waals surface area contributed by atoms with Gasteiger partial charge in [0.25, 0.3) is 0 Å². The summed E-state index contributed by atoms with van der Waals surface area (Å²) in [4.78, 5) is 13.9. The molecule has 1 amide bonds. The number of carbonyl (C=O) groups excluding carboxylic acids is 1. The van der Waals surface area contributed by atoms with Gasteiger partial charge in [-0.3, -0.25) is 0 Å². The van der Waals surface area contributed by atoms with Gasteiger partial charge in [-0.15, -0.1) is 0 Å². The summed E-state index contributed by atoms with van der Waals surface area (Å²) in [6, 6.07) is 6.35. The summed E-state index contributed by atoms with van der Waals surface area (Å²) in [6.45, 7) is 7.00. The zero-order chi connectivity index (χ0) is 15.2. The number of hydrogen-bond acceptors (Lipinski definition) is 3. The smallest absolute Gasteiger partial charge is 0.410 e. The lowest BCUT2D eigenvalue weighted by Gasteiger charge is -2.35. The molecule has 1 saturated heterocycles. The van der Waals surface area contributed by atoms with Crippen molar-refractivity contribution in [2.24, 2.45) is 0 Å². The number of carbonyl (C=O) groups is 1. The Morgan fingerprint density at radius 2 is 2.19 bits per heavy atom. The second-order valence-corrected chi connectivity index (χ2v) is 7.91. The Kier molecular flexibility index (Phi) is 3.80. The number of likely N-dealkylation sites (tertiary alicyclic amines) is 1. The molecule has 2 heterocycles. The number of rotatable bonds is 0. The van der Waals surface area contributed by atoms with Gasteiger partial charge in [0, 0.05) is 21.6 Å². The molecule has 0 N–H and O–H groups in total. The molecule has 21 heavy (non-hydrogen) atoms. The molecule has 1 aromatic carbocycles. The van der Waals surface area contributed by atoms with Crippen molar-refractivity contribution >= 4 is 28.7 Å². The molecule has 0 saturated carbocycles. The summed E-state index contributed by atoms with van der Waals surface area (Å²) >= 11 is 2.29. The highest BCUT2D eigenvalue weighted by Crippen LogP contribution is 2.43. The minimum atomic E-state index is -0.455. The topological polar surface area (TPSA) is 38.8 Å². The van der Waals surface area contributed by atoms with E-state index in [1.165, 1.54) is 9.13 Å². The van der Waals surface area contributed by atoms with E-state index >= 15 is 0 Å². The van der Waals surface area contributed by atoms with Gasteiger partial charge in [-0.05, 0) is 61.9 Å². The van der Waals surface area contributed by atoms with Crippen molar-refractivity contribution < 1.29 is 14.3 Å². The van der Waals surface area contributed by atoms with E-state index in [1.807, 2.05) is 20.8 Å². The van der Waals surface area contributed by atoms with Crippen LogP contribution >= 0.6 is 22.6 Å². The van der Waals surface area contributed by atoms with Crippen LogP contribution in [-0.2, 0) is 4.74 Å². The van der Waals surface area contributed by atoms with E-state index in [0.717, 1.165) is 18.7 Å². The number of ether oxygens (including phenoxy) is 2. The predicted molar refractivity (Wildman–Crippen MR) is 88.7 cm³/mol. The maximum atomic E-state index is 12.2. The van der Waals surface area contributed by atoms with Crippen molar-refractivity contribution in [3.63, 3.8) is 0 Å². The van der Waals surface area contributed by atoms with Gasteiger partial charge in [0.1, 0.15) is 17.5 Å². The van der Waals surface area contributed by atoms with E-state index in [0.29, 0.717) is 12.5 Å². The summed E-state index contributed by atoms with van der Waals surface area (Å²) in [5, 5.41) is 0. The number of piperidine rings is 1. The van der Waals surface area contributed by atoms with E-state index < -0.39 is 5.60 Å². The van der Waals surface area contributed by atoms with Crippen LogP contribution < -0.4 is 4.74 Å². The molecule has 2 atom stereocenters. The van der Waals surface area contributed by atoms with Crippen molar-refractivity contribution in [3.05, 3.63) is 27.3 Å². The maximum Gasteiger partial charge on any atom is 0.410 e. The molecule has 114 valence electrons. The second kappa shape index (κ2) is 5.34. The van der Waals surface area contributed by atoms with Gasteiger partial charge in [-0.1, -0.05) is 6.07 Å². The molecule has 0 bridgehead atoms. The molecule has 1 aromatic rings. The van der Waals surface area contributed by atoms with Crippen LogP contribution in [0.4, 0.5) is 4.79 Å². The van der Waals surface area contributed by atoms with Crippen molar-refractivity contribution in [1.82, 2.24) is 4.90 Å². The van der Waals surface area contributed by atoms with E-state index in [-0.39, 0.29) is 12.2 Å². The van der Waals surface area contributed by atoms with Gasteiger partial charge < -0.3 is 14.4 Å². The molecular weight excluding hydrogens is 381 g/mol. The molecule has 5 heteroatoms. The minimum Gasteiger partial charge on any atom is -0.488 e. The number of amides is 1. The lowest BCUT2D eigenvalue weighted by Crippen LogP contribution is -2.47. The van der Waals surface area contributed by atoms with Gasteiger partial charge in [0.05, 0.1) is 6.54 Å². The van der Waals surface area contributed by atoms with Crippen LogP contribution in [0, 0.1) is 3.57 Å². The first-order valence-electron chi connectivity index (χ1n) is 7.27. The highest BCUT2D eigenvalue weighted by atomic mass is 127. The van der Waals surface area contributed by atoms with Crippen molar-refractivity contribution in [2.75, 3.05) is 13.1 Å². The maximum absolute atomic E-state index is 12.2. The van der Waals surface area contributed by atoms with Gasteiger partial charge in [0.2, 0.25) is 0 Å². The molecule has 2 unspecified atom stereocenters. The first-order valence-corrected chi connectivity index (χ1v) is 8.35. The molecule has 2 aliphatic rings. The van der Waals surface area contributed by atoms with Crippen LogP contribution in [0.5, 0.6) is 5.75 Å². The number of hydrogen-bond donors (Lipinski definition) is 0. The first kappa shape index (κ1) is 14.9. The number of nitrogens with zero attached hydrogens (tertiary/aromatic N) is 1. The number of fused-ring (bicyclic) bond motifs is 3. The number of halogens is 1. The molecule has 2 aliphatic heterocycles. The zero-order valence-electron chi connectivity index (χ0n) is 12.6. The van der Waals surface area contributed by atoms with Crippen LogP contribution in [0.25, 0.3) is 0 Å². The lowest BCUT2D eigenvalue weighted by molar-refractivity contribution is 0.00789. The quantitative estimate of drug-likeness (QED) is 0.622. The molecule has 0 radical (unpaired) electrons. The Hall–Kier alpha value is -0.980. The molecular formula is C16H20INO3. The lowest BCUT2D eigenvalue weighted by atomic mass is 9.89. The van der Waals surface area contributed by atoms with Crippen LogP contribution in [0.2, 0.25) is 0 Å². The Balaban J connectivity index is 1.70. The average molecular weight is 401 g/mol. The number of benzene rings is 1. The van der Waals surface area contributed by atoms with E-state index in [2.05, 4.69) is 40.8 Å². The summed E-state index contributed by atoms with van der Waals surface area (Å²) < 4.78 is 12.7. The molecule has 0 aliphatic carbocycles. The fourth-order valence-electron chi connectivity index (χ4n) is 2.96. The molecule has 1 fully saturated rings. The van der Waals surface area contributed by atoms with Crippen molar-refractivity contribution in [2.45, 2.75) is 44.8 Å². The van der Waals surface area contributed by atoms with Gasteiger partial charge >= 0.3 is 6.09 Å². The van der Waals surface area contributed by atoms with Gasteiger partial charge in [0.15, 0.2) is 0 Å². The second-order valence-electron chi connectivity index (χ2n) is 6.66. The Morgan fingerprint density at radius 3 is 2.90 bits per heavy atom. The fourth-order valence-corrected chi connectivity index (χ4v) is 3.43. The third-order valence-electron chi connectivity index (χ3n) is 3.86. The predicted octanol–water partition coefficient (Wildman–Crippen LogP) is 3.78. The van der Waals surface area contributed by atoms with Gasteiger partial charge in [-0.2, -0.15) is 0 Å². The molecule has 0 spiro atoms. The third-order valence-corrected chi connectivity index (χ3v) is 4.54. The summed E-state index contributed by atoms with van der Waals surface area (Å²) in [7, 11) is 0. The van der Waals surface area contributed by atoms with Crippen molar-refractivity contribution in [3.8, 4) is 5.75 Å². The SMILES string of the molecule is CC(C)(C)OC(=O)N1CCC2c3ccc(I)cc3OC2C1. The molecule has 3 rings (SSSR count). The highest BCUT2D eigenvalue weighted by Gasteiger charge is 2.40. The minimum absolute atomic E-state index is 0.0551. The van der Waals surface area contributed by atoms with Crippen LogP contribution in [0.15, 0.2) is 18.2 Å². The van der Waals surface area contributed by atoms with E-state index in [1.54, 1.807) is 4.90 Å². The van der Waals surface area contributed by atoms with E-state index in [9.17, 15) is 4.79 Å². The standard InChI is InChI=1S/C16H20INO3/c1-16(2,3)21-15(19)18-7-6-12-11-5-4-10(17)8-13(11)20-14(12)9-18/h4-5,8,12,14H,6-7,9H2,1-3H3. The van der Waals surface area contributed by atoms with Crippen LogP contribution in [-0.4, -0.2) is 35.8 Å². The Bertz CT molecular complexity index is 567. The summed E-state index contributed by atoms with van der Waals surface area (Å²) in [5.41, 5.74) is 0.827. The van der Waals surface area contributed by atoms with Gasteiger partial charge in [-0.25, -0.2) is 4.79 Å². The fraction of sp³-hybridized carbons (Fsp3) is 0.562. The molecule has 0 aromatic heterocycles. The largest absolute Gasteiger partial charge is 0.488 e. The van der Waals surface area contributed by atoms with Crippen LogP contribution in [0.3, 0.4) is 0 Å². The molecule has 4 nitrogen and oxygen atoms in total. The normalized spacial score (nSPS) is 24.1. The summed E-state index contributed by atoms with van der Waals surface area (Å²) in [5.74, 6) is 1.37. The summed E-state index contributed by atoms with van der Waals surface area (Å²) in [6.07, 6.45) is 0.742. The van der Waals surface area contributed by atoms with E-state index in [4.69, 9.17) is 9.47 Å². The highest BCUT2D eigenvalue weighted by molar-refractivity contribution is 14.1. The monoisotopic (exact) mass is 401 g/mol. The Morgan fingerprint density at radius 1 is 1.43 bits per heavy atom. The zero-order valence-corrected chi connectivity index (χ0v) is 14.7. The first-order chi connectivity index (χ1) is 9.83. The van der Waals surface area contributed by atoms with Crippen molar-refractivity contribution in [1.29, 1.82) is 0 Å². The Labute approximate surface area is 138 Å². The third kappa shape index (κ3) is 3.12. The van der Waals surface area contributed by atoms with Crippen LogP contribution in [0.1, 0.15) is 38.7 Å². The average Bonchev–Trinajstić information content (AvgIpc) is 2.72.